The number of thioether (sulfide) groups is 1. The summed E-state index contributed by atoms with van der Waals surface area (Å²) in [6.45, 7) is 1.44. The van der Waals surface area contributed by atoms with E-state index in [1.807, 2.05) is 0 Å². The van der Waals surface area contributed by atoms with Crippen molar-refractivity contribution in [3.63, 3.8) is 0 Å². The monoisotopic (exact) mass is 536 g/mol. The van der Waals surface area contributed by atoms with Crippen LogP contribution in [0.4, 0.5) is 10.5 Å². The number of hydrogen-bond donors (Lipinski definition) is 1. The Kier molecular flexibility index (Phi) is 7.71. The zero-order valence-electron chi connectivity index (χ0n) is 17.1. The highest BCUT2D eigenvalue weighted by Gasteiger charge is 2.36. The summed E-state index contributed by atoms with van der Waals surface area (Å²) in [5, 5.41) is 19.2. The summed E-state index contributed by atoms with van der Waals surface area (Å²) in [5.74, 6) is -1.26. The van der Waals surface area contributed by atoms with Crippen LogP contribution in [-0.2, 0) is 16.2 Å². The third kappa shape index (κ3) is 5.90. The second-order valence-electron chi connectivity index (χ2n) is 6.64. The van der Waals surface area contributed by atoms with Crippen molar-refractivity contribution in [3.8, 4) is 11.5 Å². The second kappa shape index (κ2) is 10.5. The number of nitrogens with zero attached hydrogens (tertiary/aromatic N) is 2. The van der Waals surface area contributed by atoms with E-state index in [2.05, 4.69) is 15.9 Å². The molecule has 0 aliphatic carbocycles. The number of nitro groups is 1. The van der Waals surface area contributed by atoms with Crippen LogP contribution >= 0.6 is 27.7 Å². The quantitative estimate of drug-likeness (QED) is 0.279. The first-order chi connectivity index (χ1) is 15.7. The van der Waals surface area contributed by atoms with Gasteiger partial charge in [0.2, 0.25) is 0 Å². The maximum absolute atomic E-state index is 12.4. The number of rotatable bonds is 9. The van der Waals surface area contributed by atoms with Gasteiger partial charge in [0.05, 0.1) is 20.9 Å². The summed E-state index contributed by atoms with van der Waals surface area (Å²) in [6.07, 6.45) is 1.46. The van der Waals surface area contributed by atoms with Crippen molar-refractivity contribution in [3.05, 3.63) is 67.0 Å². The van der Waals surface area contributed by atoms with Gasteiger partial charge in [-0.05, 0) is 64.0 Å². The number of carbonyl (C=O) groups is 3. The molecule has 0 radical (unpaired) electrons. The minimum atomic E-state index is -1.29. The lowest BCUT2D eigenvalue weighted by Crippen LogP contribution is -2.33. The van der Waals surface area contributed by atoms with Crippen molar-refractivity contribution in [2.75, 3.05) is 13.2 Å². The molecule has 2 aromatic rings. The number of benzene rings is 2. The Morgan fingerprint density at radius 1 is 1.27 bits per heavy atom. The van der Waals surface area contributed by atoms with E-state index in [1.165, 1.54) is 18.2 Å². The molecule has 33 heavy (non-hydrogen) atoms. The van der Waals surface area contributed by atoms with Crippen LogP contribution in [-0.4, -0.2) is 45.2 Å². The van der Waals surface area contributed by atoms with Crippen LogP contribution in [0.1, 0.15) is 18.1 Å². The van der Waals surface area contributed by atoms with E-state index in [4.69, 9.17) is 14.6 Å². The molecule has 1 aliphatic rings. The summed E-state index contributed by atoms with van der Waals surface area (Å²) < 4.78 is 12.0. The maximum Gasteiger partial charge on any atom is 0.323 e. The number of amides is 2. The highest BCUT2D eigenvalue weighted by atomic mass is 79.9. The van der Waals surface area contributed by atoms with Gasteiger partial charge < -0.3 is 14.6 Å². The van der Waals surface area contributed by atoms with Gasteiger partial charge in [0.25, 0.3) is 16.8 Å². The Morgan fingerprint density at radius 2 is 2.03 bits per heavy atom. The number of nitro benzene ring substituents is 1. The fraction of sp³-hybridized carbons (Fsp3) is 0.190. The van der Waals surface area contributed by atoms with Gasteiger partial charge in [0.1, 0.15) is 13.2 Å². The molecule has 0 saturated carbocycles. The first-order valence-corrected chi connectivity index (χ1v) is 11.1. The Morgan fingerprint density at radius 3 is 2.70 bits per heavy atom. The first kappa shape index (κ1) is 24.3. The predicted octanol–water partition coefficient (Wildman–Crippen LogP) is 4.46. The van der Waals surface area contributed by atoms with Gasteiger partial charge in [-0.15, -0.1) is 0 Å². The lowest BCUT2D eigenvalue weighted by molar-refractivity contribution is -0.384. The SMILES string of the molecule is CCOc1cc(/C=C2/SC(=O)N(CC(=O)O)C2=O)cc(Br)c1OCc1cccc([N+](=O)[O-])c1. The molecule has 1 fully saturated rings. The topological polar surface area (TPSA) is 136 Å². The average molecular weight is 537 g/mol. The number of halogens is 1. The van der Waals surface area contributed by atoms with E-state index in [0.29, 0.717) is 50.4 Å². The van der Waals surface area contributed by atoms with Crippen molar-refractivity contribution in [1.29, 1.82) is 0 Å². The smallest absolute Gasteiger partial charge is 0.323 e. The van der Waals surface area contributed by atoms with E-state index in [-0.39, 0.29) is 17.2 Å². The molecule has 1 saturated heterocycles. The van der Waals surface area contributed by atoms with Crippen LogP contribution in [0.5, 0.6) is 11.5 Å². The number of aliphatic carboxylic acids is 1. The molecule has 0 aromatic heterocycles. The van der Waals surface area contributed by atoms with Crippen LogP contribution < -0.4 is 9.47 Å². The van der Waals surface area contributed by atoms with Gasteiger partial charge in [-0.1, -0.05) is 12.1 Å². The molecule has 10 nitrogen and oxygen atoms in total. The molecule has 172 valence electrons. The van der Waals surface area contributed by atoms with E-state index >= 15 is 0 Å². The van der Waals surface area contributed by atoms with E-state index in [1.54, 1.807) is 31.2 Å². The van der Waals surface area contributed by atoms with E-state index < -0.39 is 28.6 Å². The summed E-state index contributed by atoms with van der Waals surface area (Å²) >= 11 is 4.06. The summed E-state index contributed by atoms with van der Waals surface area (Å²) in [6, 6.07) is 9.32. The third-order valence-corrected chi connectivity index (χ3v) is 5.80. The van der Waals surface area contributed by atoms with Crippen LogP contribution in [0.25, 0.3) is 6.08 Å². The van der Waals surface area contributed by atoms with Crippen molar-refractivity contribution < 1.29 is 33.9 Å². The van der Waals surface area contributed by atoms with Crippen LogP contribution in [0.3, 0.4) is 0 Å². The molecule has 1 heterocycles. The molecule has 0 bridgehead atoms. The van der Waals surface area contributed by atoms with Crippen LogP contribution in [0, 0.1) is 10.1 Å². The number of carboxylic acid groups (broad SMARTS) is 1. The Hall–Kier alpha value is -3.38. The molecule has 0 unspecified atom stereocenters. The predicted molar refractivity (Wildman–Crippen MR) is 123 cm³/mol. The zero-order chi connectivity index (χ0) is 24.1. The summed E-state index contributed by atoms with van der Waals surface area (Å²) in [4.78, 5) is 46.5. The summed E-state index contributed by atoms with van der Waals surface area (Å²) in [7, 11) is 0. The zero-order valence-corrected chi connectivity index (χ0v) is 19.6. The van der Waals surface area contributed by atoms with Crippen molar-refractivity contribution in [2.45, 2.75) is 13.5 Å². The maximum atomic E-state index is 12.4. The normalized spacial score (nSPS) is 14.6. The van der Waals surface area contributed by atoms with Gasteiger partial charge in [-0.2, -0.15) is 0 Å². The molecule has 0 spiro atoms. The van der Waals surface area contributed by atoms with Gasteiger partial charge in [0, 0.05) is 12.1 Å². The minimum Gasteiger partial charge on any atom is -0.490 e. The standard InChI is InChI=1S/C21H17BrN2O8S/c1-2-31-16-8-13(9-17-20(27)23(10-18(25)26)21(28)33-17)7-15(22)19(16)32-11-12-4-3-5-14(6-12)24(29)30/h3-9H,2,10-11H2,1H3,(H,25,26)/b17-9+. The van der Waals surface area contributed by atoms with Crippen molar-refractivity contribution in [2.24, 2.45) is 0 Å². The highest BCUT2D eigenvalue weighted by molar-refractivity contribution is 9.10. The number of non-ortho nitro benzene ring substituents is 1. The van der Waals surface area contributed by atoms with Crippen molar-refractivity contribution in [1.82, 2.24) is 4.90 Å². The first-order valence-electron chi connectivity index (χ1n) is 9.49. The highest BCUT2D eigenvalue weighted by Crippen LogP contribution is 2.39. The fourth-order valence-corrected chi connectivity index (χ4v) is 4.33. The van der Waals surface area contributed by atoms with Gasteiger partial charge >= 0.3 is 5.97 Å². The molecule has 2 amide bonds. The Labute approximate surface area is 200 Å². The molecule has 12 heteroatoms. The molecular weight excluding hydrogens is 520 g/mol. The fourth-order valence-electron chi connectivity index (χ4n) is 2.91. The van der Waals surface area contributed by atoms with E-state index in [9.17, 15) is 24.5 Å². The average Bonchev–Trinajstić information content (AvgIpc) is 3.00. The second-order valence-corrected chi connectivity index (χ2v) is 8.49. The molecule has 1 N–H and O–H groups in total. The number of ether oxygens (including phenoxy) is 2. The van der Waals surface area contributed by atoms with Crippen molar-refractivity contribution >= 4 is 56.6 Å². The Bertz CT molecular complexity index is 1170. The number of carboxylic acids is 1. The molecule has 0 atom stereocenters. The number of carbonyl (C=O) groups excluding carboxylic acids is 2. The van der Waals surface area contributed by atoms with E-state index in [0.717, 1.165) is 0 Å². The number of hydrogen-bond acceptors (Lipinski definition) is 8. The summed E-state index contributed by atoms with van der Waals surface area (Å²) in [5.41, 5.74) is 1.07. The largest absolute Gasteiger partial charge is 0.490 e. The van der Waals surface area contributed by atoms with Gasteiger partial charge in [0.15, 0.2) is 11.5 Å². The molecular formula is C21H17BrN2O8S. The van der Waals surface area contributed by atoms with Crippen LogP contribution in [0.15, 0.2) is 45.8 Å². The lowest BCUT2D eigenvalue weighted by atomic mass is 10.1. The molecule has 3 rings (SSSR count). The van der Waals surface area contributed by atoms with Crippen LogP contribution in [0.2, 0.25) is 0 Å². The minimum absolute atomic E-state index is 0.0487. The number of imide groups is 1. The lowest BCUT2D eigenvalue weighted by Gasteiger charge is -2.15. The van der Waals surface area contributed by atoms with Gasteiger partial charge in [-0.3, -0.25) is 29.4 Å². The van der Waals surface area contributed by atoms with Gasteiger partial charge in [-0.25, -0.2) is 0 Å². The third-order valence-electron chi connectivity index (χ3n) is 4.30. The molecule has 1 aliphatic heterocycles. The molecule has 2 aromatic carbocycles. The Balaban J connectivity index is 1.85.